The van der Waals surface area contributed by atoms with Crippen LogP contribution in [0.4, 0.5) is 0 Å². The minimum absolute atomic E-state index is 0.0589. The molecule has 0 saturated carbocycles. The zero-order valence-corrected chi connectivity index (χ0v) is 19.7. The molecule has 1 amide bonds. The third-order valence-electron chi connectivity index (χ3n) is 5.60. The lowest BCUT2D eigenvalue weighted by Crippen LogP contribution is -2.40. The highest BCUT2D eigenvalue weighted by molar-refractivity contribution is 6.00. The molecule has 0 fully saturated rings. The summed E-state index contributed by atoms with van der Waals surface area (Å²) in [5.41, 5.74) is 2.09. The van der Waals surface area contributed by atoms with Crippen LogP contribution in [0.3, 0.4) is 0 Å². The molecule has 1 atom stereocenters. The number of benzene rings is 2. The minimum atomic E-state index is -0.584. The van der Waals surface area contributed by atoms with Crippen molar-refractivity contribution >= 4 is 11.7 Å². The fourth-order valence-corrected chi connectivity index (χ4v) is 3.65. The van der Waals surface area contributed by atoms with Crippen LogP contribution in [-0.4, -0.2) is 36.9 Å². The number of hydrogen-bond acceptors (Lipinski definition) is 4. The summed E-state index contributed by atoms with van der Waals surface area (Å²) in [6.07, 6.45) is 4.80. The molecule has 0 aromatic heterocycles. The Morgan fingerprint density at radius 3 is 2.28 bits per heavy atom. The lowest BCUT2D eigenvalue weighted by molar-refractivity contribution is -0.142. The molecule has 5 heteroatoms. The van der Waals surface area contributed by atoms with Crippen LogP contribution in [-0.2, 0) is 27.5 Å². The van der Waals surface area contributed by atoms with E-state index in [1.807, 2.05) is 54.6 Å². The van der Waals surface area contributed by atoms with Gasteiger partial charge in [0.15, 0.2) is 0 Å². The molecule has 0 spiro atoms. The van der Waals surface area contributed by atoms with Crippen molar-refractivity contribution in [3.05, 3.63) is 65.7 Å². The van der Waals surface area contributed by atoms with E-state index in [1.165, 1.54) is 6.92 Å². The monoisotopic (exact) mass is 439 g/mol. The molecule has 2 aromatic rings. The lowest BCUT2D eigenvalue weighted by atomic mass is 9.95. The van der Waals surface area contributed by atoms with Gasteiger partial charge in [-0.05, 0) is 36.6 Å². The summed E-state index contributed by atoms with van der Waals surface area (Å²) >= 11 is 0. The second-order valence-corrected chi connectivity index (χ2v) is 8.16. The van der Waals surface area contributed by atoms with Gasteiger partial charge < -0.3 is 14.4 Å². The van der Waals surface area contributed by atoms with Crippen LogP contribution in [0.5, 0.6) is 5.75 Å². The Morgan fingerprint density at radius 1 is 0.938 bits per heavy atom. The van der Waals surface area contributed by atoms with Gasteiger partial charge in [-0.1, -0.05) is 75.1 Å². The van der Waals surface area contributed by atoms with E-state index in [9.17, 15) is 9.59 Å². The zero-order valence-electron chi connectivity index (χ0n) is 19.7. The van der Waals surface area contributed by atoms with Crippen molar-refractivity contribution < 1.29 is 19.1 Å². The summed E-state index contributed by atoms with van der Waals surface area (Å²) in [6.45, 7) is 5.47. The van der Waals surface area contributed by atoms with Gasteiger partial charge in [0, 0.05) is 13.1 Å². The number of Topliss-reactive ketones (excluding diaryl/α,β-unsaturated/α-hetero) is 1. The van der Waals surface area contributed by atoms with Crippen molar-refractivity contribution in [1.29, 1.82) is 0 Å². The Morgan fingerprint density at radius 2 is 1.66 bits per heavy atom. The van der Waals surface area contributed by atoms with Crippen molar-refractivity contribution in [2.45, 2.75) is 59.1 Å². The summed E-state index contributed by atoms with van der Waals surface area (Å²) in [6, 6.07) is 17.6. The number of carbonyl (C=O) groups excluding carboxylic acids is 2. The molecule has 174 valence electrons. The highest BCUT2D eigenvalue weighted by atomic mass is 16.5. The predicted octanol–water partition coefficient (Wildman–Crippen LogP) is 5.42. The predicted molar refractivity (Wildman–Crippen MR) is 127 cm³/mol. The van der Waals surface area contributed by atoms with Gasteiger partial charge in [0.1, 0.15) is 11.5 Å². The standard InChI is InChI=1S/C27H37NO4/c1-4-5-6-10-13-26(22(2)29)27(30)28(20-23-14-16-25(31-3)17-15-23)18-19-32-21-24-11-8-7-9-12-24/h7-9,11-12,14-17,26H,4-6,10,13,18-21H2,1-3H3. The molecule has 32 heavy (non-hydrogen) atoms. The number of amides is 1. The number of ketones is 1. The van der Waals surface area contributed by atoms with Gasteiger partial charge in [-0.2, -0.15) is 0 Å². The molecule has 0 bridgehead atoms. The SMILES string of the molecule is CCCCCCC(C(C)=O)C(=O)N(CCOCc1ccccc1)Cc1ccc(OC)cc1. The molecule has 2 aromatic carbocycles. The molecular weight excluding hydrogens is 402 g/mol. The molecule has 0 N–H and O–H groups in total. The third-order valence-corrected chi connectivity index (χ3v) is 5.60. The van der Waals surface area contributed by atoms with Crippen LogP contribution < -0.4 is 4.74 Å². The molecule has 0 radical (unpaired) electrons. The van der Waals surface area contributed by atoms with Crippen LogP contribution in [0, 0.1) is 5.92 Å². The first-order valence-electron chi connectivity index (χ1n) is 11.6. The Kier molecular flexibility index (Phi) is 11.5. The highest BCUT2D eigenvalue weighted by Crippen LogP contribution is 2.19. The van der Waals surface area contributed by atoms with Crippen molar-refractivity contribution in [2.24, 2.45) is 5.92 Å². The van der Waals surface area contributed by atoms with Gasteiger partial charge in [0.25, 0.3) is 0 Å². The summed E-state index contributed by atoms with van der Waals surface area (Å²) < 4.78 is 11.1. The van der Waals surface area contributed by atoms with Crippen LogP contribution in [0.1, 0.15) is 57.1 Å². The maximum atomic E-state index is 13.4. The Hall–Kier alpha value is -2.66. The minimum Gasteiger partial charge on any atom is -0.497 e. The maximum absolute atomic E-state index is 13.4. The van der Waals surface area contributed by atoms with Crippen molar-refractivity contribution in [1.82, 2.24) is 4.90 Å². The fourth-order valence-electron chi connectivity index (χ4n) is 3.65. The summed E-state index contributed by atoms with van der Waals surface area (Å²) in [5.74, 6) is 0.0270. The molecule has 0 aliphatic carbocycles. The maximum Gasteiger partial charge on any atom is 0.233 e. The van der Waals surface area contributed by atoms with E-state index < -0.39 is 5.92 Å². The van der Waals surface area contributed by atoms with E-state index in [4.69, 9.17) is 9.47 Å². The Bertz CT molecular complexity index is 804. The van der Waals surface area contributed by atoms with Gasteiger partial charge in [-0.25, -0.2) is 0 Å². The van der Waals surface area contributed by atoms with Crippen LogP contribution >= 0.6 is 0 Å². The van der Waals surface area contributed by atoms with Crippen LogP contribution in [0.25, 0.3) is 0 Å². The van der Waals surface area contributed by atoms with Gasteiger partial charge >= 0.3 is 0 Å². The van der Waals surface area contributed by atoms with E-state index in [0.29, 0.717) is 32.7 Å². The van der Waals surface area contributed by atoms with E-state index in [1.54, 1.807) is 12.0 Å². The molecule has 0 aliphatic heterocycles. The largest absolute Gasteiger partial charge is 0.497 e. The number of rotatable bonds is 15. The first kappa shape index (κ1) is 25.6. The zero-order chi connectivity index (χ0) is 23.2. The van der Waals surface area contributed by atoms with Gasteiger partial charge in [-0.3, -0.25) is 9.59 Å². The number of carbonyl (C=O) groups is 2. The number of unbranched alkanes of at least 4 members (excludes halogenated alkanes) is 3. The fraction of sp³-hybridized carbons (Fsp3) is 0.481. The van der Waals surface area contributed by atoms with Crippen molar-refractivity contribution in [3.63, 3.8) is 0 Å². The summed E-state index contributed by atoms with van der Waals surface area (Å²) in [4.78, 5) is 27.4. The quantitative estimate of drug-likeness (QED) is 0.275. The first-order chi connectivity index (χ1) is 15.5. The summed E-state index contributed by atoms with van der Waals surface area (Å²) in [5, 5.41) is 0. The first-order valence-corrected chi connectivity index (χ1v) is 11.6. The smallest absolute Gasteiger partial charge is 0.233 e. The van der Waals surface area contributed by atoms with Crippen molar-refractivity contribution in [2.75, 3.05) is 20.3 Å². The normalized spacial score (nSPS) is 11.7. The number of methoxy groups -OCH3 is 1. The molecular formula is C27H37NO4. The Balaban J connectivity index is 2.03. The van der Waals surface area contributed by atoms with E-state index in [0.717, 1.165) is 42.6 Å². The molecule has 0 heterocycles. The van der Waals surface area contributed by atoms with E-state index in [-0.39, 0.29) is 11.7 Å². The topological polar surface area (TPSA) is 55.8 Å². The lowest BCUT2D eigenvalue weighted by Gasteiger charge is -2.27. The highest BCUT2D eigenvalue weighted by Gasteiger charge is 2.27. The van der Waals surface area contributed by atoms with E-state index >= 15 is 0 Å². The van der Waals surface area contributed by atoms with Crippen LogP contribution in [0.2, 0.25) is 0 Å². The third kappa shape index (κ3) is 8.83. The molecule has 0 saturated heterocycles. The van der Waals surface area contributed by atoms with Crippen molar-refractivity contribution in [3.8, 4) is 5.75 Å². The van der Waals surface area contributed by atoms with Gasteiger partial charge in [0.05, 0.1) is 26.2 Å². The average molecular weight is 440 g/mol. The number of nitrogens with zero attached hydrogens (tertiary/aromatic N) is 1. The van der Waals surface area contributed by atoms with E-state index in [2.05, 4.69) is 6.92 Å². The van der Waals surface area contributed by atoms with Gasteiger partial charge in [-0.15, -0.1) is 0 Å². The second kappa shape index (κ2) is 14.4. The molecule has 1 unspecified atom stereocenters. The molecule has 2 rings (SSSR count). The molecule has 5 nitrogen and oxygen atoms in total. The van der Waals surface area contributed by atoms with Gasteiger partial charge in [0.2, 0.25) is 5.91 Å². The Labute approximate surface area is 192 Å². The molecule has 0 aliphatic rings. The average Bonchev–Trinajstić information content (AvgIpc) is 2.81. The number of hydrogen-bond donors (Lipinski definition) is 0. The summed E-state index contributed by atoms with van der Waals surface area (Å²) in [7, 11) is 1.63. The second-order valence-electron chi connectivity index (χ2n) is 8.16. The number of ether oxygens (including phenoxy) is 2. The van der Waals surface area contributed by atoms with Crippen LogP contribution in [0.15, 0.2) is 54.6 Å².